The number of rotatable bonds is 5. The van der Waals surface area contributed by atoms with E-state index in [0.29, 0.717) is 0 Å². The highest BCUT2D eigenvalue weighted by Crippen LogP contribution is 1.87. The molecule has 0 aliphatic carbocycles. The quantitative estimate of drug-likeness (QED) is 0.347. The smallest absolute Gasteiger partial charge is 0.325 e. The minimum absolute atomic E-state index is 0.456. The lowest BCUT2D eigenvalue weighted by Crippen LogP contribution is -2.40. The summed E-state index contributed by atoms with van der Waals surface area (Å²) in [6.45, 7) is -1.01. The maximum atomic E-state index is 10.7. The fraction of sp³-hybridized carbons (Fsp3) is 0.667. The average Bonchev–Trinajstić information content (AvgIpc) is 2.11. The first kappa shape index (κ1) is 11.8. The van der Waals surface area contributed by atoms with Gasteiger partial charge in [0.25, 0.3) is 0 Å². The van der Waals surface area contributed by atoms with Crippen molar-refractivity contribution in [2.75, 3.05) is 13.2 Å². The Balaban J connectivity index is 3.76. The summed E-state index contributed by atoms with van der Waals surface area (Å²) in [4.78, 5) is 20.9. The van der Waals surface area contributed by atoms with Crippen LogP contribution in [0.1, 0.15) is 0 Å². The van der Waals surface area contributed by atoms with Gasteiger partial charge in [0.05, 0.1) is 6.61 Å². The van der Waals surface area contributed by atoms with Gasteiger partial charge in [0.1, 0.15) is 18.7 Å². The van der Waals surface area contributed by atoms with E-state index in [1.165, 1.54) is 0 Å². The largest absolute Gasteiger partial charge is 0.480 e. The van der Waals surface area contributed by atoms with Crippen molar-refractivity contribution >= 4 is 11.9 Å². The fourth-order valence-electron chi connectivity index (χ4n) is 0.425. The van der Waals surface area contributed by atoms with Crippen LogP contribution in [-0.2, 0) is 14.3 Å². The Morgan fingerprint density at radius 3 is 2.23 bits per heavy atom. The average molecular weight is 192 g/mol. The van der Waals surface area contributed by atoms with E-state index < -0.39 is 37.2 Å². The molecule has 0 unspecified atom stereocenters. The van der Waals surface area contributed by atoms with Crippen LogP contribution < -0.4 is 11.5 Å². The van der Waals surface area contributed by atoms with Crippen molar-refractivity contribution in [1.29, 1.82) is 0 Å². The first-order valence-electron chi connectivity index (χ1n) is 3.50. The lowest BCUT2D eigenvalue weighted by Gasteiger charge is -2.10. The second-order valence-corrected chi connectivity index (χ2v) is 2.36. The Hall–Kier alpha value is -1.18. The van der Waals surface area contributed by atoms with Crippen LogP contribution in [0.15, 0.2) is 0 Å². The van der Waals surface area contributed by atoms with Crippen LogP contribution in [0.5, 0.6) is 0 Å². The van der Waals surface area contributed by atoms with Crippen molar-refractivity contribution in [3.63, 3.8) is 0 Å². The molecule has 0 aliphatic rings. The second kappa shape index (κ2) is 5.46. The monoisotopic (exact) mass is 192 g/mol. The van der Waals surface area contributed by atoms with E-state index in [0.717, 1.165) is 0 Å². The van der Waals surface area contributed by atoms with Crippen LogP contribution in [-0.4, -0.2) is 47.4 Å². The molecule has 6 N–H and O–H groups in total. The van der Waals surface area contributed by atoms with Gasteiger partial charge in [-0.15, -0.1) is 0 Å². The molecule has 0 rings (SSSR count). The molecule has 0 fully saturated rings. The van der Waals surface area contributed by atoms with Crippen LogP contribution >= 0.6 is 0 Å². The van der Waals surface area contributed by atoms with Gasteiger partial charge in [-0.2, -0.15) is 0 Å². The number of nitrogens with two attached hydrogens (primary N) is 2. The molecule has 0 amide bonds. The molecule has 0 saturated carbocycles. The van der Waals surface area contributed by atoms with E-state index in [2.05, 4.69) is 4.74 Å². The highest BCUT2D eigenvalue weighted by molar-refractivity contribution is 5.77. The van der Waals surface area contributed by atoms with E-state index in [1.807, 2.05) is 0 Å². The van der Waals surface area contributed by atoms with E-state index >= 15 is 0 Å². The lowest BCUT2D eigenvalue weighted by molar-refractivity contribution is -0.149. The van der Waals surface area contributed by atoms with Crippen LogP contribution in [0, 0.1) is 0 Å². The second-order valence-electron chi connectivity index (χ2n) is 2.36. The summed E-state index contributed by atoms with van der Waals surface area (Å²) < 4.78 is 4.39. The molecular weight excluding hydrogens is 180 g/mol. The molecule has 0 spiro atoms. The van der Waals surface area contributed by atoms with Gasteiger partial charge in [0.2, 0.25) is 0 Å². The van der Waals surface area contributed by atoms with Crippen molar-refractivity contribution in [1.82, 2.24) is 0 Å². The zero-order chi connectivity index (χ0) is 10.4. The summed E-state index contributed by atoms with van der Waals surface area (Å²) in [7, 11) is 0. The van der Waals surface area contributed by atoms with E-state index in [-0.39, 0.29) is 0 Å². The number of aliphatic hydroxyl groups is 1. The predicted molar refractivity (Wildman–Crippen MR) is 41.6 cm³/mol. The first-order valence-corrected chi connectivity index (χ1v) is 3.50. The molecule has 13 heavy (non-hydrogen) atoms. The SMILES string of the molecule is N[C@H](COC(=O)[C@H](N)CO)C(=O)O. The molecule has 0 radical (unpaired) electrons. The third kappa shape index (κ3) is 4.41. The van der Waals surface area contributed by atoms with Gasteiger partial charge < -0.3 is 26.4 Å². The van der Waals surface area contributed by atoms with E-state index in [9.17, 15) is 9.59 Å². The molecular formula is C6H12N2O5. The Morgan fingerprint density at radius 2 is 1.85 bits per heavy atom. The number of hydrogen-bond acceptors (Lipinski definition) is 6. The van der Waals surface area contributed by atoms with Crippen LogP contribution in [0.25, 0.3) is 0 Å². The summed E-state index contributed by atoms with van der Waals surface area (Å²) in [6, 6.07) is -2.42. The number of ether oxygens (including phenoxy) is 1. The van der Waals surface area contributed by atoms with Crippen LogP contribution in [0.2, 0.25) is 0 Å². The molecule has 2 atom stereocenters. The molecule has 0 aromatic carbocycles. The number of carboxylic acid groups (broad SMARTS) is 1. The molecule has 7 heteroatoms. The predicted octanol–water partition coefficient (Wildman–Crippen LogP) is -2.74. The number of carbonyl (C=O) groups excluding carboxylic acids is 1. The third-order valence-electron chi connectivity index (χ3n) is 1.22. The normalized spacial score (nSPS) is 14.7. The number of hydrogen-bond donors (Lipinski definition) is 4. The third-order valence-corrected chi connectivity index (χ3v) is 1.22. The number of aliphatic carboxylic acids is 1. The minimum atomic E-state index is -1.27. The highest BCUT2D eigenvalue weighted by Gasteiger charge is 2.18. The molecule has 0 aromatic rings. The van der Waals surface area contributed by atoms with Crippen molar-refractivity contribution < 1.29 is 24.5 Å². The van der Waals surface area contributed by atoms with Gasteiger partial charge in [-0.05, 0) is 0 Å². The van der Waals surface area contributed by atoms with Crippen molar-refractivity contribution in [3.8, 4) is 0 Å². The van der Waals surface area contributed by atoms with Crippen LogP contribution in [0.4, 0.5) is 0 Å². The molecule has 0 aliphatic heterocycles. The van der Waals surface area contributed by atoms with Gasteiger partial charge in [0, 0.05) is 0 Å². The minimum Gasteiger partial charge on any atom is -0.480 e. The summed E-state index contributed by atoms with van der Waals surface area (Å²) >= 11 is 0. The summed E-state index contributed by atoms with van der Waals surface area (Å²) in [5.74, 6) is -2.15. The molecule has 0 aromatic heterocycles. The zero-order valence-corrected chi connectivity index (χ0v) is 6.84. The zero-order valence-electron chi connectivity index (χ0n) is 6.84. The molecule has 0 heterocycles. The summed E-state index contributed by atoms with van der Waals surface area (Å²) in [5.41, 5.74) is 10.1. The van der Waals surface area contributed by atoms with Crippen molar-refractivity contribution in [2.24, 2.45) is 11.5 Å². The first-order chi connectivity index (χ1) is 5.99. The maximum absolute atomic E-state index is 10.7. The number of carbonyl (C=O) groups is 2. The number of carboxylic acids is 1. The number of esters is 1. The molecule has 7 nitrogen and oxygen atoms in total. The van der Waals surface area contributed by atoms with Gasteiger partial charge in [-0.1, -0.05) is 0 Å². The standard InChI is InChI=1S/C6H12N2O5/c7-3(1-9)6(12)13-2-4(8)5(10)11/h3-4,9H,1-2,7-8H2,(H,10,11)/t3-,4-/m1/s1. The summed E-state index contributed by atoms with van der Waals surface area (Å²) in [5, 5.41) is 16.7. The lowest BCUT2D eigenvalue weighted by atomic mass is 10.3. The Kier molecular flexibility index (Phi) is 4.97. The highest BCUT2D eigenvalue weighted by atomic mass is 16.5. The topological polar surface area (TPSA) is 136 Å². The van der Waals surface area contributed by atoms with Gasteiger partial charge in [-0.25, -0.2) is 0 Å². The summed E-state index contributed by atoms with van der Waals surface area (Å²) in [6.07, 6.45) is 0. The van der Waals surface area contributed by atoms with Crippen LogP contribution in [0.3, 0.4) is 0 Å². The maximum Gasteiger partial charge on any atom is 0.325 e. The molecule has 0 bridgehead atoms. The van der Waals surface area contributed by atoms with E-state index in [1.54, 1.807) is 0 Å². The number of aliphatic hydroxyl groups excluding tert-OH is 1. The van der Waals surface area contributed by atoms with Gasteiger partial charge in [-0.3, -0.25) is 9.59 Å². The molecule has 76 valence electrons. The van der Waals surface area contributed by atoms with Crippen molar-refractivity contribution in [3.05, 3.63) is 0 Å². The van der Waals surface area contributed by atoms with Crippen molar-refractivity contribution in [2.45, 2.75) is 12.1 Å². The van der Waals surface area contributed by atoms with Gasteiger partial charge >= 0.3 is 11.9 Å². The fourth-order valence-corrected chi connectivity index (χ4v) is 0.425. The Morgan fingerprint density at radius 1 is 1.31 bits per heavy atom. The van der Waals surface area contributed by atoms with E-state index in [4.69, 9.17) is 21.7 Å². The Labute approximate surface area is 74.3 Å². The molecule has 0 saturated heterocycles. The van der Waals surface area contributed by atoms with Gasteiger partial charge in [0.15, 0.2) is 0 Å². The Bertz CT molecular complexity index is 195.